The zero-order valence-electron chi connectivity index (χ0n) is 50.1. The van der Waals surface area contributed by atoms with Gasteiger partial charge >= 0.3 is 0 Å². The van der Waals surface area contributed by atoms with Crippen LogP contribution in [-0.4, -0.2) is 68.5 Å². The van der Waals surface area contributed by atoms with Gasteiger partial charge in [0.15, 0.2) is 0 Å². The summed E-state index contributed by atoms with van der Waals surface area (Å²) in [5, 5.41) is 14.1. The number of likely N-dealkylation sites (N-methyl/N-ethyl adjacent to an activating group) is 1. The Hall–Kier alpha value is -0.500. The highest BCUT2D eigenvalue weighted by molar-refractivity contribution is 7.45. The van der Waals surface area contributed by atoms with Gasteiger partial charge in [0.2, 0.25) is 5.91 Å². The molecule has 1 amide bonds. The standard InChI is InChI=1S/C64H131N2O6P/c1-6-8-10-12-14-16-18-20-22-24-26-27-28-29-30-31-32-33-34-35-36-37-38-39-40-42-44-46-48-50-52-54-56-58-64(68)65-62(61-72-73(69,70)71-60-59-66(3,4)5)63(67)57-55-53-51-49-47-45-43-41-25-23-21-19-17-15-13-11-9-7-2/h62-63,67H,6-61H2,1-5H3,(H-,65,68,69,70). The van der Waals surface area contributed by atoms with Crippen molar-refractivity contribution in [3.8, 4) is 0 Å². The largest absolute Gasteiger partial charge is 0.756 e. The third kappa shape index (κ3) is 59.0. The minimum atomic E-state index is -4.57. The first-order valence-corrected chi connectivity index (χ1v) is 34.3. The Labute approximate surface area is 457 Å². The molecule has 0 aromatic rings. The number of quaternary nitrogens is 1. The van der Waals surface area contributed by atoms with E-state index in [0.29, 0.717) is 23.9 Å². The second-order valence-corrected chi connectivity index (χ2v) is 25.6. The highest BCUT2D eigenvalue weighted by Crippen LogP contribution is 2.38. The zero-order chi connectivity index (χ0) is 53.5. The van der Waals surface area contributed by atoms with E-state index in [2.05, 4.69) is 19.2 Å². The summed E-state index contributed by atoms with van der Waals surface area (Å²) in [7, 11) is 1.33. The SMILES string of the molecule is CCCCCCCCCCCCCCCCCCCCCCCCCCCCCCCCCCCC(=O)NC(COP(=O)([O-])OCC[N+](C)(C)C)C(O)CCCCCCCCCCCCCCCCCCCC. The molecule has 9 heteroatoms. The average molecular weight is 1060 g/mol. The maximum absolute atomic E-state index is 13.0. The summed E-state index contributed by atoms with van der Waals surface area (Å²) < 4.78 is 23.5. The number of rotatable bonds is 62. The summed E-state index contributed by atoms with van der Waals surface area (Å²) in [6.07, 6.45) is 68.9. The van der Waals surface area contributed by atoms with Crippen LogP contribution in [0, 0.1) is 0 Å². The Kier molecular flexibility index (Phi) is 55.8. The van der Waals surface area contributed by atoms with Crippen molar-refractivity contribution in [1.82, 2.24) is 5.32 Å². The quantitative estimate of drug-likeness (QED) is 0.0357. The van der Waals surface area contributed by atoms with Gasteiger partial charge in [0.05, 0.1) is 39.9 Å². The highest BCUT2D eigenvalue weighted by Gasteiger charge is 2.24. The van der Waals surface area contributed by atoms with Crippen molar-refractivity contribution in [1.29, 1.82) is 0 Å². The summed E-state index contributed by atoms with van der Waals surface area (Å²) in [4.78, 5) is 25.6. The number of phosphoric acid groups is 1. The van der Waals surface area contributed by atoms with E-state index in [0.717, 1.165) is 38.5 Å². The van der Waals surface area contributed by atoms with E-state index in [1.165, 1.54) is 289 Å². The monoisotopic (exact) mass is 1050 g/mol. The van der Waals surface area contributed by atoms with Crippen molar-refractivity contribution in [3.05, 3.63) is 0 Å². The van der Waals surface area contributed by atoms with Crippen LogP contribution in [0.15, 0.2) is 0 Å². The summed E-state index contributed by atoms with van der Waals surface area (Å²) >= 11 is 0. The van der Waals surface area contributed by atoms with E-state index in [4.69, 9.17) is 9.05 Å². The Bertz CT molecular complexity index is 1150. The van der Waals surface area contributed by atoms with E-state index >= 15 is 0 Å². The van der Waals surface area contributed by atoms with Gasteiger partial charge in [-0.25, -0.2) is 0 Å². The van der Waals surface area contributed by atoms with Gasteiger partial charge in [-0.1, -0.05) is 335 Å². The minimum Gasteiger partial charge on any atom is -0.756 e. The maximum atomic E-state index is 13.0. The van der Waals surface area contributed by atoms with Crippen molar-refractivity contribution in [2.45, 2.75) is 366 Å². The molecule has 0 aliphatic rings. The lowest BCUT2D eigenvalue weighted by Crippen LogP contribution is -2.46. The normalized spacial score (nSPS) is 13.7. The number of amides is 1. The molecule has 0 bridgehead atoms. The van der Waals surface area contributed by atoms with Gasteiger partial charge in [-0.15, -0.1) is 0 Å². The molecule has 2 N–H and O–H groups in total. The Morgan fingerprint density at radius 3 is 0.932 bits per heavy atom. The second kappa shape index (κ2) is 56.2. The van der Waals surface area contributed by atoms with E-state index in [-0.39, 0.29) is 19.1 Å². The van der Waals surface area contributed by atoms with Gasteiger partial charge in [0.1, 0.15) is 13.2 Å². The minimum absolute atomic E-state index is 0.0168. The first kappa shape index (κ1) is 72.5. The Balaban J connectivity index is 3.94. The Morgan fingerprint density at radius 2 is 0.671 bits per heavy atom. The molecule has 438 valence electrons. The lowest BCUT2D eigenvalue weighted by molar-refractivity contribution is -0.870. The number of unbranched alkanes of at least 4 members (excludes halogenated alkanes) is 49. The number of nitrogens with zero attached hydrogens (tertiary/aromatic N) is 1. The fourth-order valence-electron chi connectivity index (χ4n) is 10.5. The molecule has 73 heavy (non-hydrogen) atoms. The predicted molar refractivity (Wildman–Crippen MR) is 316 cm³/mol. The van der Waals surface area contributed by atoms with Crippen LogP contribution in [0.5, 0.6) is 0 Å². The van der Waals surface area contributed by atoms with E-state index in [1.54, 1.807) is 0 Å². The fourth-order valence-corrected chi connectivity index (χ4v) is 11.2. The third-order valence-corrected chi connectivity index (χ3v) is 16.6. The topological polar surface area (TPSA) is 108 Å². The lowest BCUT2D eigenvalue weighted by atomic mass is 10.0. The number of aliphatic hydroxyl groups excluding tert-OH is 1. The average Bonchev–Trinajstić information content (AvgIpc) is 3.35. The van der Waals surface area contributed by atoms with Gasteiger partial charge in [-0.05, 0) is 12.8 Å². The van der Waals surface area contributed by atoms with Crippen LogP contribution in [0.25, 0.3) is 0 Å². The maximum Gasteiger partial charge on any atom is 0.268 e. The van der Waals surface area contributed by atoms with Gasteiger partial charge in [-0.2, -0.15) is 0 Å². The third-order valence-electron chi connectivity index (χ3n) is 15.6. The molecule has 0 saturated carbocycles. The van der Waals surface area contributed by atoms with Crippen molar-refractivity contribution in [2.75, 3.05) is 40.9 Å². The molecule has 0 aromatic heterocycles. The summed E-state index contributed by atoms with van der Waals surface area (Å²) in [5.74, 6) is -0.155. The number of nitrogens with one attached hydrogen (secondary N) is 1. The predicted octanol–water partition coefficient (Wildman–Crippen LogP) is 19.8. The molecule has 8 nitrogen and oxygen atoms in total. The number of hydrogen-bond donors (Lipinski definition) is 2. The molecular weight excluding hydrogens is 924 g/mol. The van der Waals surface area contributed by atoms with Crippen LogP contribution in [0.2, 0.25) is 0 Å². The van der Waals surface area contributed by atoms with Crippen LogP contribution in [0.3, 0.4) is 0 Å². The smallest absolute Gasteiger partial charge is 0.268 e. The number of phosphoric ester groups is 1. The second-order valence-electron chi connectivity index (χ2n) is 24.2. The van der Waals surface area contributed by atoms with Crippen LogP contribution in [0.1, 0.15) is 354 Å². The van der Waals surface area contributed by atoms with Gasteiger partial charge in [0.25, 0.3) is 7.82 Å². The molecular formula is C64H131N2O6P. The highest BCUT2D eigenvalue weighted by atomic mass is 31.2. The molecule has 0 radical (unpaired) electrons. The molecule has 0 aliphatic heterocycles. The number of carbonyl (C=O) groups excluding carboxylic acids is 1. The van der Waals surface area contributed by atoms with E-state index < -0.39 is 20.0 Å². The van der Waals surface area contributed by atoms with Gasteiger partial charge in [0, 0.05) is 6.42 Å². The van der Waals surface area contributed by atoms with Crippen molar-refractivity contribution in [2.24, 2.45) is 0 Å². The van der Waals surface area contributed by atoms with Crippen LogP contribution in [-0.2, 0) is 18.4 Å². The summed E-state index contributed by atoms with van der Waals surface area (Å²) in [5.41, 5.74) is 0. The van der Waals surface area contributed by atoms with Crippen LogP contribution in [0.4, 0.5) is 0 Å². The van der Waals surface area contributed by atoms with Crippen molar-refractivity contribution in [3.63, 3.8) is 0 Å². The molecule has 0 aromatic carbocycles. The molecule has 0 aliphatic carbocycles. The lowest BCUT2D eigenvalue weighted by Gasteiger charge is -2.30. The fraction of sp³-hybridized carbons (Fsp3) is 0.984. The van der Waals surface area contributed by atoms with E-state index in [9.17, 15) is 19.4 Å². The summed E-state index contributed by atoms with van der Waals surface area (Å²) in [6.45, 7) is 4.79. The number of aliphatic hydroxyl groups is 1. The molecule has 0 spiro atoms. The van der Waals surface area contributed by atoms with Crippen molar-refractivity contribution < 1.29 is 32.9 Å². The van der Waals surface area contributed by atoms with Gasteiger partial charge < -0.3 is 28.8 Å². The molecule has 0 heterocycles. The first-order valence-electron chi connectivity index (χ1n) is 32.9. The van der Waals surface area contributed by atoms with Crippen molar-refractivity contribution >= 4 is 13.7 Å². The molecule has 0 rings (SSSR count). The first-order chi connectivity index (χ1) is 35.5. The number of hydrogen-bond acceptors (Lipinski definition) is 6. The molecule has 3 atom stereocenters. The zero-order valence-corrected chi connectivity index (χ0v) is 51.0. The molecule has 0 fully saturated rings. The van der Waals surface area contributed by atoms with E-state index in [1.807, 2.05) is 21.1 Å². The van der Waals surface area contributed by atoms with Crippen LogP contribution < -0.4 is 10.2 Å². The molecule has 0 saturated heterocycles. The molecule has 3 unspecified atom stereocenters. The summed E-state index contributed by atoms with van der Waals surface area (Å²) in [6, 6.07) is -0.796. The Morgan fingerprint density at radius 1 is 0.425 bits per heavy atom. The number of carbonyl (C=O) groups is 1. The van der Waals surface area contributed by atoms with Gasteiger partial charge in [-0.3, -0.25) is 9.36 Å². The van der Waals surface area contributed by atoms with Crippen LogP contribution >= 0.6 is 7.82 Å².